The molecule has 0 bridgehead atoms. The van der Waals surface area contributed by atoms with Gasteiger partial charge in [-0.3, -0.25) is 0 Å². The van der Waals surface area contributed by atoms with Crippen molar-refractivity contribution in [3.05, 3.63) is 82.0 Å². The fourth-order valence-electron chi connectivity index (χ4n) is 3.17. The van der Waals surface area contributed by atoms with Crippen LogP contribution >= 0.6 is 0 Å². The highest BCUT2D eigenvalue weighted by Crippen LogP contribution is 2.14. The molecule has 174 valence electrons. The minimum absolute atomic E-state index is 0.0447. The summed E-state index contributed by atoms with van der Waals surface area (Å²) in [7, 11) is 0. The maximum absolute atomic E-state index is 12.2. The second-order valence-corrected chi connectivity index (χ2v) is 8.50. The third-order valence-corrected chi connectivity index (χ3v) is 5.18. The molecule has 0 saturated carbocycles. The third kappa shape index (κ3) is 11.5. The van der Waals surface area contributed by atoms with Crippen molar-refractivity contribution in [2.75, 3.05) is 6.61 Å². The fraction of sp³-hybridized carbons (Fsp3) is 0.429. The monoisotopic (exact) mass is 438 g/mol. The molecule has 0 amide bonds. The lowest BCUT2D eigenvalue weighted by atomic mass is 10.0. The van der Waals surface area contributed by atoms with Gasteiger partial charge in [0.25, 0.3) is 0 Å². The number of rotatable bonds is 13. The van der Waals surface area contributed by atoms with Crippen LogP contribution in [-0.4, -0.2) is 23.7 Å². The molecule has 0 atom stereocenters. The topological polar surface area (TPSA) is 63.6 Å². The second kappa shape index (κ2) is 15.0. The summed E-state index contributed by atoms with van der Waals surface area (Å²) < 4.78 is 5.23. The van der Waals surface area contributed by atoms with Gasteiger partial charge < -0.3 is 9.84 Å². The fourth-order valence-corrected chi connectivity index (χ4v) is 3.17. The zero-order valence-electron chi connectivity index (χ0n) is 20.2. The van der Waals surface area contributed by atoms with Crippen LogP contribution in [0.3, 0.4) is 0 Å². The molecule has 0 aromatic heterocycles. The van der Waals surface area contributed by atoms with Crippen molar-refractivity contribution < 1.29 is 19.4 Å². The Labute approximate surface area is 193 Å². The summed E-state index contributed by atoms with van der Waals surface area (Å²) in [5.41, 5.74) is 5.39. The largest absolute Gasteiger partial charge is 0.478 e. The van der Waals surface area contributed by atoms with Crippen molar-refractivity contribution in [2.24, 2.45) is 0 Å². The van der Waals surface area contributed by atoms with Gasteiger partial charge in [0.1, 0.15) is 6.61 Å². The van der Waals surface area contributed by atoms with Gasteiger partial charge in [-0.25, -0.2) is 9.59 Å². The molecule has 0 heterocycles. The highest BCUT2D eigenvalue weighted by Gasteiger charge is 2.16. The summed E-state index contributed by atoms with van der Waals surface area (Å²) in [6.07, 6.45) is 15.0. The maximum Gasteiger partial charge on any atom is 0.339 e. The second-order valence-electron chi connectivity index (χ2n) is 8.50. The summed E-state index contributed by atoms with van der Waals surface area (Å²) in [5, 5.41) is 9.17. The number of carbonyl (C=O) groups is 2. The van der Waals surface area contributed by atoms with Crippen molar-refractivity contribution >= 4 is 11.9 Å². The molecule has 0 radical (unpaired) electrons. The van der Waals surface area contributed by atoms with E-state index >= 15 is 0 Å². The van der Waals surface area contributed by atoms with Crippen LogP contribution in [-0.2, 0) is 4.74 Å². The van der Waals surface area contributed by atoms with E-state index in [1.165, 1.54) is 28.9 Å². The average Bonchev–Trinajstić information content (AvgIpc) is 2.73. The number of aromatic carboxylic acids is 1. The Morgan fingerprint density at radius 3 is 1.72 bits per heavy atom. The van der Waals surface area contributed by atoms with Crippen LogP contribution in [0.25, 0.3) is 0 Å². The molecule has 32 heavy (non-hydrogen) atoms. The molecule has 1 aromatic rings. The molecule has 0 saturated heterocycles. The first-order chi connectivity index (χ1) is 15.2. The number of carboxylic acids is 1. The standard InChI is InChI=1S/C28H38O4/c1-21(2)11-8-12-22(3)13-9-14-23(4)15-10-16-24(5)19-20-32-28(31)26-18-7-6-17-25(26)27(29)30/h6-7,11,13,15,17-19H,8-10,12,14,16,20H2,1-5H3,(H,29,30)/b22-13+,23-15?,24-19+. The Hall–Kier alpha value is -2.88. The van der Waals surface area contributed by atoms with Crippen molar-refractivity contribution in [2.45, 2.75) is 73.1 Å². The third-order valence-electron chi connectivity index (χ3n) is 5.18. The number of ether oxygens (including phenoxy) is 1. The number of benzene rings is 1. The summed E-state index contributed by atoms with van der Waals surface area (Å²) >= 11 is 0. The van der Waals surface area contributed by atoms with Gasteiger partial charge >= 0.3 is 11.9 Å². The maximum atomic E-state index is 12.2. The molecule has 0 aliphatic carbocycles. The van der Waals surface area contributed by atoms with Gasteiger partial charge in [-0.2, -0.15) is 0 Å². The van der Waals surface area contributed by atoms with E-state index in [4.69, 9.17) is 4.74 Å². The normalized spacial score (nSPS) is 12.5. The molecule has 4 nitrogen and oxygen atoms in total. The predicted molar refractivity (Wildman–Crippen MR) is 132 cm³/mol. The van der Waals surface area contributed by atoms with Gasteiger partial charge in [-0.15, -0.1) is 0 Å². The van der Waals surface area contributed by atoms with Gasteiger partial charge in [0.05, 0.1) is 11.1 Å². The first kappa shape index (κ1) is 27.2. The molecule has 1 aromatic carbocycles. The van der Waals surface area contributed by atoms with Crippen LogP contribution < -0.4 is 0 Å². The van der Waals surface area contributed by atoms with Gasteiger partial charge in [0.15, 0.2) is 0 Å². The quantitative estimate of drug-likeness (QED) is 0.253. The Kier molecular flexibility index (Phi) is 12.7. The van der Waals surface area contributed by atoms with Crippen LogP contribution in [0.4, 0.5) is 0 Å². The number of carboxylic acid groups (broad SMARTS) is 1. The minimum Gasteiger partial charge on any atom is -0.478 e. The van der Waals surface area contributed by atoms with E-state index in [9.17, 15) is 14.7 Å². The zero-order chi connectivity index (χ0) is 23.9. The van der Waals surface area contributed by atoms with Gasteiger partial charge in [0.2, 0.25) is 0 Å². The summed E-state index contributed by atoms with van der Waals surface area (Å²) in [6, 6.07) is 6.08. The summed E-state index contributed by atoms with van der Waals surface area (Å²) in [4.78, 5) is 23.4. The molecule has 1 N–H and O–H groups in total. The molecule has 0 unspecified atom stereocenters. The number of esters is 1. The van der Waals surface area contributed by atoms with Crippen LogP contribution in [0.1, 0.15) is 93.9 Å². The lowest BCUT2D eigenvalue weighted by molar-refractivity contribution is 0.0535. The van der Waals surface area contributed by atoms with Crippen LogP contribution in [0.15, 0.2) is 70.9 Å². The zero-order valence-corrected chi connectivity index (χ0v) is 20.2. The molecule has 0 fully saturated rings. The van der Waals surface area contributed by atoms with Crippen LogP contribution in [0.2, 0.25) is 0 Å². The Bertz CT molecular complexity index is 880. The summed E-state index contributed by atoms with van der Waals surface area (Å²) in [6.45, 7) is 10.8. The predicted octanol–water partition coefficient (Wildman–Crippen LogP) is 7.69. The smallest absolute Gasteiger partial charge is 0.339 e. The highest BCUT2D eigenvalue weighted by molar-refractivity contribution is 6.02. The van der Waals surface area contributed by atoms with Crippen LogP contribution in [0, 0.1) is 0 Å². The van der Waals surface area contributed by atoms with Gasteiger partial charge in [-0.05, 0) is 91.4 Å². The van der Waals surface area contributed by atoms with Crippen molar-refractivity contribution in [3.8, 4) is 0 Å². The number of carbonyl (C=O) groups excluding carboxylic acids is 1. The number of hydrogen-bond donors (Lipinski definition) is 1. The SMILES string of the molecule is CC(C)=CCC/C(C)=C/CCC(C)=CCC/C(C)=C/COC(=O)c1ccccc1C(=O)O. The molecule has 4 heteroatoms. The average molecular weight is 439 g/mol. The molecular formula is C28H38O4. The van der Waals surface area contributed by atoms with E-state index in [-0.39, 0.29) is 17.7 Å². The van der Waals surface area contributed by atoms with Crippen LogP contribution in [0.5, 0.6) is 0 Å². The molecule has 0 spiro atoms. The molecule has 1 rings (SSSR count). The van der Waals surface area contributed by atoms with Crippen molar-refractivity contribution in [1.29, 1.82) is 0 Å². The van der Waals surface area contributed by atoms with E-state index in [2.05, 4.69) is 45.9 Å². The minimum atomic E-state index is -1.14. The molecular weight excluding hydrogens is 400 g/mol. The van der Waals surface area contributed by atoms with E-state index in [0.29, 0.717) is 0 Å². The number of hydrogen-bond acceptors (Lipinski definition) is 3. The highest BCUT2D eigenvalue weighted by atomic mass is 16.5. The van der Waals surface area contributed by atoms with Crippen molar-refractivity contribution in [1.82, 2.24) is 0 Å². The summed E-state index contributed by atoms with van der Waals surface area (Å²) in [5.74, 6) is -1.76. The molecule has 0 aliphatic heterocycles. The van der Waals surface area contributed by atoms with Gasteiger partial charge in [0, 0.05) is 0 Å². The lowest BCUT2D eigenvalue weighted by Crippen LogP contribution is -2.11. The van der Waals surface area contributed by atoms with E-state index < -0.39 is 11.9 Å². The Balaban J connectivity index is 2.36. The first-order valence-electron chi connectivity index (χ1n) is 11.3. The van der Waals surface area contributed by atoms with Gasteiger partial charge in [-0.1, -0.05) is 52.7 Å². The molecule has 0 aliphatic rings. The van der Waals surface area contributed by atoms with Crippen molar-refractivity contribution in [3.63, 3.8) is 0 Å². The Morgan fingerprint density at radius 1 is 0.750 bits per heavy atom. The lowest BCUT2D eigenvalue weighted by Gasteiger charge is -2.06. The van der Waals surface area contributed by atoms with E-state index in [1.54, 1.807) is 12.1 Å². The van der Waals surface area contributed by atoms with E-state index in [0.717, 1.165) is 44.1 Å². The Morgan fingerprint density at radius 2 is 1.22 bits per heavy atom. The van der Waals surface area contributed by atoms with E-state index in [1.807, 2.05) is 13.0 Å². The number of allylic oxidation sites excluding steroid dienone is 7. The first-order valence-corrected chi connectivity index (χ1v) is 11.3.